The number of rotatable bonds is 7. The van der Waals surface area contributed by atoms with E-state index >= 15 is 0 Å². The number of benzene rings is 2. The average molecular weight is 368 g/mol. The van der Waals surface area contributed by atoms with Crippen molar-refractivity contribution in [1.82, 2.24) is 0 Å². The predicted molar refractivity (Wildman–Crippen MR) is 109 cm³/mol. The van der Waals surface area contributed by atoms with E-state index in [0.29, 0.717) is 11.4 Å². The van der Waals surface area contributed by atoms with Gasteiger partial charge in [0.1, 0.15) is 5.75 Å². The van der Waals surface area contributed by atoms with Gasteiger partial charge < -0.3 is 15.0 Å². The lowest BCUT2D eigenvalue weighted by Gasteiger charge is -2.24. The molecule has 0 spiro atoms. The monoisotopic (exact) mass is 368 g/mol. The molecule has 0 unspecified atom stereocenters. The zero-order valence-electron chi connectivity index (χ0n) is 16.7. The second-order valence-electron chi connectivity index (χ2n) is 6.85. The normalized spacial score (nSPS) is 10.6. The van der Waals surface area contributed by atoms with Crippen LogP contribution in [0.25, 0.3) is 0 Å². The quantitative estimate of drug-likeness (QED) is 0.784. The van der Waals surface area contributed by atoms with Gasteiger partial charge in [0.2, 0.25) is 11.8 Å². The summed E-state index contributed by atoms with van der Waals surface area (Å²) in [6, 6.07) is 13.2. The molecule has 0 radical (unpaired) electrons. The van der Waals surface area contributed by atoms with Crippen molar-refractivity contribution in [3.05, 3.63) is 53.6 Å². The molecule has 5 heteroatoms. The fourth-order valence-electron chi connectivity index (χ4n) is 2.79. The summed E-state index contributed by atoms with van der Waals surface area (Å²) in [6.07, 6.45) is 0.190. The zero-order valence-corrected chi connectivity index (χ0v) is 16.7. The van der Waals surface area contributed by atoms with Crippen LogP contribution in [-0.4, -0.2) is 24.5 Å². The van der Waals surface area contributed by atoms with E-state index in [-0.39, 0.29) is 30.9 Å². The van der Waals surface area contributed by atoms with E-state index in [1.54, 1.807) is 4.90 Å². The summed E-state index contributed by atoms with van der Waals surface area (Å²) in [5.74, 6) is 0.379. The Balaban J connectivity index is 2.10. The lowest BCUT2D eigenvalue weighted by molar-refractivity contribution is -0.117. The van der Waals surface area contributed by atoms with Crippen LogP contribution in [0.2, 0.25) is 0 Å². The highest BCUT2D eigenvalue weighted by molar-refractivity contribution is 5.96. The summed E-state index contributed by atoms with van der Waals surface area (Å²) < 4.78 is 5.81. The maximum absolute atomic E-state index is 12.4. The van der Waals surface area contributed by atoms with E-state index < -0.39 is 0 Å². The highest BCUT2D eigenvalue weighted by Crippen LogP contribution is 2.29. The summed E-state index contributed by atoms with van der Waals surface area (Å²) in [4.78, 5) is 26.2. The zero-order chi connectivity index (χ0) is 20.0. The molecule has 27 heavy (non-hydrogen) atoms. The van der Waals surface area contributed by atoms with Crippen LogP contribution in [-0.2, 0) is 9.59 Å². The van der Waals surface area contributed by atoms with Crippen molar-refractivity contribution < 1.29 is 14.3 Å². The fraction of sp³-hybridized carbons (Fsp3) is 0.364. The third-order valence-electron chi connectivity index (χ3n) is 4.34. The van der Waals surface area contributed by atoms with Gasteiger partial charge >= 0.3 is 0 Å². The molecule has 2 aromatic rings. The first-order valence-electron chi connectivity index (χ1n) is 9.19. The molecule has 2 rings (SSSR count). The standard InChI is InChI=1S/C22H28N2O3/c1-15(2)27-21-12-7-6-11-20(21)24(18(5)25)14-13-22(26)23-19-10-8-9-16(3)17(19)4/h6-12,15H,13-14H2,1-5H3,(H,23,26). The van der Waals surface area contributed by atoms with Gasteiger partial charge in [0.15, 0.2) is 0 Å². The minimum atomic E-state index is -0.130. The Morgan fingerprint density at radius 1 is 1.07 bits per heavy atom. The molecule has 0 atom stereocenters. The number of nitrogens with zero attached hydrogens (tertiary/aromatic N) is 1. The molecule has 2 aromatic carbocycles. The Bertz CT molecular complexity index is 815. The van der Waals surface area contributed by atoms with E-state index in [4.69, 9.17) is 4.74 Å². The van der Waals surface area contributed by atoms with Crippen molar-refractivity contribution in [2.45, 2.75) is 47.1 Å². The van der Waals surface area contributed by atoms with Crippen LogP contribution in [0.4, 0.5) is 11.4 Å². The number of carbonyl (C=O) groups excluding carboxylic acids is 2. The molecule has 0 bridgehead atoms. The van der Waals surface area contributed by atoms with Crippen LogP contribution < -0.4 is 15.0 Å². The minimum Gasteiger partial charge on any atom is -0.489 e. The van der Waals surface area contributed by atoms with Crippen molar-refractivity contribution in [3.63, 3.8) is 0 Å². The van der Waals surface area contributed by atoms with Crippen LogP contribution in [0, 0.1) is 13.8 Å². The van der Waals surface area contributed by atoms with Crippen molar-refractivity contribution in [3.8, 4) is 5.75 Å². The van der Waals surface area contributed by atoms with Crippen molar-refractivity contribution in [2.24, 2.45) is 0 Å². The lowest BCUT2D eigenvalue weighted by Crippen LogP contribution is -2.32. The second-order valence-corrected chi connectivity index (χ2v) is 6.85. The first-order chi connectivity index (χ1) is 12.8. The summed E-state index contributed by atoms with van der Waals surface area (Å²) in [5, 5.41) is 2.94. The Labute approximate surface area is 161 Å². The van der Waals surface area contributed by atoms with Gasteiger partial charge in [-0.05, 0) is 57.0 Å². The molecule has 1 N–H and O–H groups in total. The van der Waals surface area contributed by atoms with Crippen LogP contribution >= 0.6 is 0 Å². The molecule has 0 saturated heterocycles. The third-order valence-corrected chi connectivity index (χ3v) is 4.34. The van der Waals surface area contributed by atoms with Gasteiger partial charge in [-0.15, -0.1) is 0 Å². The minimum absolute atomic E-state index is 0.00690. The molecule has 0 aromatic heterocycles. The molecule has 0 aliphatic carbocycles. The SMILES string of the molecule is CC(=O)N(CCC(=O)Nc1cccc(C)c1C)c1ccccc1OC(C)C. The smallest absolute Gasteiger partial charge is 0.226 e. The molecule has 144 valence electrons. The number of carbonyl (C=O) groups is 2. The number of hydrogen-bond acceptors (Lipinski definition) is 3. The van der Waals surface area contributed by atoms with E-state index in [2.05, 4.69) is 5.32 Å². The Morgan fingerprint density at radius 2 is 1.78 bits per heavy atom. The van der Waals surface area contributed by atoms with Crippen molar-refractivity contribution in [2.75, 3.05) is 16.8 Å². The molecular formula is C22H28N2O3. The second kappa shape index (κ2) is 9.21. The van der Waals surface area contributed by atoms with Crippen LogP contribution in [0.3, 0.4) is 0 Å². The maximum atomic E-state index is 12.4. The number of amides is 2. The Morgan fingerprint density at radius 3 is 2.44 bits per heavy atom. The largest absolute Gasteiger partial charge is 0.489 e. The van der Waals surface area contributed by atoms with Gasteiger partial charge in [0.25, 0.3) is 0 Å². The Hall–Kier alpha value is -2.82. The van der Waals surface area contributed by atoms with Crippen LogP contribution in [0.15, 0.2) is 42.5 Å². The van der Waals surface area contributed by atoms with Gasteiger partial charge in [-0.1, -0.05) is 24.3 Å². The van der Waals surface area contributed by atoms with E-state index in [9.17, 15) is 9.59 Å². The first-order valence-corrected chi connectivity index (χ1v) is 9.19. The third kappa shape index (κ3) is 5.58. The summed E-state index contributed by atoms with van der Waals surface area (Å²) in [7, 11) is 0. The van der Waals surface area contributed by atoms with Crippen LogP contribution in [0.5, 0.6) is 5.75 Å². The topological polar surface area (TPSA) is 58.6 Å². The highest BCUT2D eigenvalue weighted by atomic mass is 16.5. The predicted octanol–water partition coefficient (Wildman–Crippen LogP) is 4.47. The highest BCUT2D eigenvalue weighted by Gasteiger charge is 2.18. The molecule has 0 aliphatic rings. The fourth-order valence-corrected chi connectivity index (χ4v) is 2.79. The first kappa shape index (κ1) is 20.5. The Kier molecular flexibility index (Phi) is 6.99. The van der Waals surface area contributed by atoms with Crippen LogP contribution in [0.1, 0.15) is 38.3 Å². The summed E-state index contributed by atoms with van der Waals surface area (Å²) >= 11 is 0. The number of hydrogen-bond donors (Lipinski definition) is 1. The number of anilines is 2. The number of nitrogens with one attached hydrogen (secondary N) is 1. The van der Waals surface area contributed by atoms with Gasteiger partial charge in [-0.25, -0.2) is 0 Å². The molecule has 0 saturated carbocycles. The molecule has 0 heterocycles. The summed E-state index contributed by atoms with van der Waals surface area (Å²) in [5.41, 5.74) is 3.65. The molecule has 5 nitrogen and oxygen atoms in total. The maximum Gasteiger partial charge on any atom is 0.226 e. The van der Waals surface area contributed by atoms with Gasteiger partial charge in [-0.2, -0.15) is 0 Å². The van der Waals surface area contributed by atoms with Crippen molar-refractivity contribution in [1.29, 1.82) is 0 Å². The van der Waals surface area contributed by atoms with Gasteiger partial charge in [0, 0.05) is 25.6 Å². The number of aryl methyl sites for hydroxylation is 1. The number of para-hydroxylation sites is 2. The van der Waals surface area contributed by atoms with E-state index in [0.717, 1.165) is 16.8 Å². The van der Waals surface area contributed by atoms with E-state index in [1.165, 1.54) is 6.92 Å². The molecule has 0 fully saturated rings. The van der Waals surface area contributed by atoms with Gasteiger partial charge in [-0.3, -0.25) is 9.59 Å². The van der Waals surface area contributed by atoms with Crippen molar-refractivity contribution >= 4 is 23.2 Å². The van der Waals surface area contributed by atoms with E-state index in [1.807, 2.05) is 70.2 Å². The molecule has 0 aliphatic heterocycles. The van der Waals surface area contributed by atoms with Gasteiger partial charge in [0.05, 0.1) is 11.8 Å². The lowest BCUT2D eigenvalue weighted by atomic mass is 10.1. The molecule has 2 amide bonds. The summed E-state index contributed by atoms with van der Waals surface area (Å²) in [6.45, 7) is 9.64. The number of ether oxygens (including phenoxy) is 1. The average Bonchev–Trinajstić information content (AvgIpc) is 2.60. The molecular weight excluding hydrogens is 340 g/mol.